The van der Waals surface area contributed by atoms with E-state index >= 15 is 0 Å². The summed E-state index contributed by atoms with van der Waals surface area (Å²) < 4.78 is 29.1. The molecule has 5 nitrogen and oxygen atoms in total. The SMILES string of the molecule is CCCN1CC(C)C(COc2ccc(S(C)(=O)=O)c(C#N)c2)C1. The normalized spacial score (nSPS) is 22.0. The van der Waals surface area contributed by atoms with Gasteiger partial charge in [-0.25, -0.2) is 8.42 Å². The molecule has 0 N–H and O–H groups in total. The molecule has 23 heavy (non-hydrogen) atoms. The van der Waals surface area contributed by atoms with Crippen LogP contribution >= 0.6 is 0 Å². The van der Waals surface area contributed by atoms with E-state index < -0.39 is 9.84 Å². The predicted octanol–water partition coefficient (Wildman–Crippen LogP) is 2.32. The molecular weight excluding hydrogens is 312 g/mol. The molecule has 1 fully saturated rings. The summed E-state index contributed by atoms with van der Waals surface area (Å²) in [6.07, 6.45) is 2.25. The summed E-state index contributed by atoms with van der Waals surface area (Å²) in [6, 6.07) is 6.52. The molecule has 2 atom stereocenters. The molecule has 0 saturated carbocycles. The Morgan fingerprint density at radius 1 is 1.39 bits per heavy atom. The van der Waals surface area contributed by atoms with Gasteiger partial charge in [0.1, 0.15) is 11.8 Å². The van der Waals surface area contributed by atoms with Crippen molar-refractivity contribution in [2.24, 2.45) is 11.8 Å². The van der Waals surface area contributed by atoms with Gasteiger partial charge in [0, 0.05) is 25.3 Å². The first-order valence-electron chi connectivity index (χ1n) is 7.94. The Labute approximate surface area is 138 Å². The van der Waals surface area contributed by atoms with Gasteiger partial charge in [-0.15, -0.1) is 0 Å². The first kappa shape index (κ1) is 17.8. The molecule has 1 aromatic carbocycles. The van der Waals surface area contributed by atoms with Gasteiger partial charge in [0.05, 0.1) is 17.1 Å². The van der Waals surface area contributed by atoms with Crippen molar-refractivity contribution in [1.82, 2.24) is 4.90 Å². The lowest BCUT2D eigenvalue weighted by atomic mass is 9.99. The molecule has 1 heterocycles. The van der Waals surface area contributed by atoms with Crippen LogP contribution in [0.25, 0.3) is 0 Å². The van der Waals surface area contributed by atoms with E-state index in [0.717, 1.165) is 32.3 Å². The smallest absolute Gasteiger partial charge is 0.176 e. The number of benzene rings is 1. The fraction of sp³-hybridized carbons (Fsp3) is 0.588. The van der Waals surface area contributed by atoms with Gasteiger partial charge in [-0.05, 0) is 37.1 Å². The van der Waals surface area contributed by atoms with Gasteiger partial charge in [-0.1, -0.05) is 13.8 Å². The summed E-state index contributed by atoms with van der Waals surface area (Å²) in [6.45, 7) is 8.24. The number of nitrogens with zero attached hydrogens (tertiary/aromatic N) is 2. The van der Waals surface area contributed by atoms with E-state index in [0.29, 0.717) is 24.2 Å². The lowest BCUT2D eigenvalue weighted by Gasteiger charge is -2.16. The van der Waals surface area contributed by atoms with Crippen LogP contribution in [0.4, 0.5) is 0 Å². The molecule has 0 bridgehead atoms. The molecule has 126 valence electrons. The maximum absolute atomic E-state index is 11.6. The molecule has 0 aliphatic carbocycles. The number of nitriles is 1. The third kappa shape index (κ3) is 4.46. The molecule has 1 aromatic rings. The number of likely N-dealkylation sites (tertiary alicyclic amines) is 1. The van der Waals surface area contributed by atoms with Crippen LogP contribution < -0.4 is 4.74 Å². The average Bonchev–Trinajstić information content (AvgIpc) is 2.84. The molecule has 2 unspecified atom stereocenters. The predicted molar refractivity (Wildman–Crippen MR) is 89.1 cm³/mol. The Bertz CT molecular complexity index is 694. The van der Waals surface area contributed by atoms with Crippen molar-refractivity contribution in [2.75, 3.05) is 32.5 Å². The summed E-state index contributed by atoms with van der Waals surface area (Å²) in [5.41, 5.74) is 0.136. The summed E-state index contributed by atoms with van der Waals surface area (Å²) in [7, 11) is -3.40. The van der Waals surface area contributed by atoms with Gasteiger partial charge in [0.15, 0.2) is 9.84 Å². The molecule has 0 aromatic heterocycles. The fourth-order valence-corrected chi connectivity index (χ4v) is 3.89. The number of hydrogen-bond acceptors (Lipinski definition) is 5. The molecule has 2 rings (SSSR count). The lowest BCUT2D eigenvalue weighted by molar-refractivity contribution is 0.225. The minimum absolute atomic E-state index is 0.0516. The standard InChI is InChI=1S/C17H24N2O3S/c1-4-7-19-10-13(2)15(11-19)12-22-16-5-6-17(23(3,20)21)14(8-16)9-18/h5-6,8,13,15H,4,7,10-12H2,1-3H3. The minimum atomic E-state index is -3.40. The van der Waals surface area contributed by atoms with Gasteiger partial charge < -0.3 is 9.64 Å². The van der Waals surface area contributed by atoms with E-state index in [2.05, 4.69) is 18.7 Å². The van der Waals surface area contributed by atoms with Crippen molar-refractivity contribution in [1.29, 1.82) is 5.26 Å². The van der Waals surface area contributed by atoms with E-state index in [1.54, 1.807) is 6.07 Å². The van der Waals surface area contributed by atoms with Crippen molar-refractivity contribution < 1.29 is 13.2 Å². The molecular formula is C17H24N2O3S. The van der Waals surface area contributed by atoms with E-state index in [9.17, 15) is 8.42 Å². The Kier molecular flexibility index (Phi) is 5.66. The van der Waals surface area contributed by atoms with E-state index in [4.69, 9.17) is 10.00 Å². The Hall–Kier alpha value is -1.58. The molecule has 0 amide bonds. The van der Waals surface area contributed by atoms with E-state index in [1.807, 2.05) is 6.07 Å². The largest absolute Gasteiger partial charge is 0.493 e. The zero-order chi connectivity index (χ0) is 17.0. The Morgan fingerprint density at radius 3 is 2.74 bits per heavy atom. The minimum Gasteiger partial charge on any atom is -0.493 e. The molecule has 1 aliphatic rings. The van der Waals surface area contributed by atoms with E-state index in [-0.39, 0.29) is 10.5 Å². The topological polar surface area (TPSA) is 70.4 Å². The fourth-order valence-electron chi connectivity index (χ4n) is 3.07. The highest BCUT2D eigenvalue weighted by Crippen LogP contribution is 2.26. The molecule has 6 heteroatoms. The van der Waals surface area contributed by atoms with Crippen LogP contribution in [-0.4, -0.2) is 45.8 Å². The number of ether oxygens (including phenoxy) is 1. The van der Waals surface area contributed by atoms with E-state index in [1.165, 1.54) is 12.1 Å². The van der Waals surface area contributed by atoms with Crippen molar-refractivity contribution in [3.8, 4) is 11.8 Å². The second-order valence-corrected chi connectivity index (χ2v) is 8.33. The monoisotopic (exact) mass is 336 g/mol. The summed E-state index contributed by atoms with van der Waals surface area (Å²) in [5.74, 6) is 1.59. The summed E-state index contributed by atoms with van der Waals surface area (Å²) in [5, 5.41) is 9.15. The third-order valence-corrected chi connectivity index (χ3v) is 5.47. The van der Waals surface area contributed by atoms with Crippen LogP contribution in [0.1, 0.15) is 25.8 Å². The Morgan fingerprint density at radius 2 is 2.13 bits per heavy atom. The van der Waals surface area contributed by atoms with Crippen molar-refractivity contribution in [3.05, 3.63) is 23.8 Å². The van der Waals surface area contributed by atoms with Crippen LogP contribution in [0, 0.1) is 23.2 Å². The molecule has 1 aliphatic heterocycles. The average molecular weight is 336 g/mol. The van der Waals surface area contributed by atoms with Gasteiger partial charge in [-0.2, -0.15) is 5.26 Å². The summed E-state index contributed by atoms with van der Waals surface area (Å²) >= 11 is 0. The van der Waals surface area contributed by atoms with Gasteiger partial charge in [0.2, 0.25) is 0 Å². The van der Waals surface area contributed by atoms with Crippen molar-refractivity contribution >= 4 is 9.84 Å². The zero-order valence-electron chi connectivity index (χ0n) is 13.9. The van der Waals surface area contributed by atoms with Crippen LogP contribution in [-0.2, 0) is 9.84 Å². The van der Waals surface area contributed by atoms with Gasteiger partial charge >= 0.3 is 0 Å². The van der Waals surface area contributed by atoms with Crippen LogP contribution in [0.3, 0.4) is 0 Å². The second kappa shape index (κ2) is 7.33. The highest BCUT2D eigenvalue weighted by atomic mass is 32.2. The quantitative estimate of drug-likeness (QED) is 0.797. The number of sulfone groups is 1. The second-order valence-electron chi connectivity index (χ2n) is 6.35. The van der Waals surface area contributed by atoms with Crippen molar-refractivity contribution in [2.45, 2.75) is 25.2 Å². The highest BCUT2D eigenvalue weighted by molar-refractivity contribution is 7.90. The zero-order valence-corrected chi connectivity index (χ0v) is 14.8. The van der Waals surface area contributed by atoms with Crippen LogP contribution in [0.2, 0.25) is 0 Å². The van der Waals surface area contributed by atoms with Gasteiger partial charge in [-0.3, -0.25) is 0 Å². The molecule has 0 spiro atoms. The van der Waals surface area contributed by atoms with Crippen LogP contribution in [0.15, 0.2) is 23.1 Å². The molecule has 1 saturated heterocycles. The molecule has 0 radical (unpaired) electrons. The highest BCUT2D eigenvalue weighted by Gasteiger charge is 2.29. The van der Waals surface area contributed by atoms with Crippen LogP contribution in [0.5, 0.6) is 5.75 Å². The lowest BCUT2D eigenvalue weighted by Crippen LogP contribution is -2.23. The van der Waals surface area contributed by atoms with Crippen molar-refractivity contribution in [3.63, 3.8) is 0 Å². The number of hydrogen-bond donors (Lipinski definition) is 0. The first-order valence-corrected chi connectivity index (χ1v) is 9.83. The maximum Gasteiger partial charge on any atom is 0.176 e. The van der Waals surface area contributed by atoms with Gasteiger partial charge in [0.25, 0.3) is 0 Å². The Balaban J connectivity index is 2.03. The first-order chi connectivity index (χ1) is 10.8. The summed E-state index contributed by atoms with van der Waals surface area (Å²) in [4.78, 5) is 2.50. The maximum atomic E-state index is 11.6. The number of rotatable bonds is 6. The third-order valence-electron chi connectivity index (χ3n) is 4.32.